The van der Waals surface area contributed by atoms with Crippen LogP contribution in [0.1, 0.15) is 17.9 Å². The fourth-order valence-corrected chi connectivity index (χ4v) is 2.98. The number of rotatable bonds is 3. The van der Waals surface area contributed by atoms with Crippen molar-refractivity contribution in [3.8, 4) is 0 Å². The highest BCUT2D eigenvalue weighted by atomic mass is 35.5. The minimum absolute atomic E-state index is 0.0610. The fourth-order valence-electron chi connectivity index (χ4n) is 1.61. The van der Waals surface area contributed by atoms with Crippen molar-refractivity contribution in [3.05, 3.63) is 60.2 Å². The highest BCUT2D eigenvalue weighted by molar-refractivity contribution is 7.61. The molecule has 0 heterocycles. The van der Waals surface area contributed by atoms with Gasteiger partial charge in [0.2, 0.25) is 0 Å². The molecule has 0 spiro atoms. The summed E-state index contributed by atoms with van der Waals surface area (Å²) >= 11 is 6.03. The van der Waals surface area contributed by atoms with E-state index in [2.05, 4.69) is 0 Å². The molecule has 0 radical (unpaired) electrons. The Morgan fingerprint density at radius 3 is 2.29 bits per heavy atom. The Labute approximate surface area is 107 Å². The van der Waals surface area contributed by atoms with Crippen LogP contribution in [0.15, 0.2) is 54.6 Å². The predicted molar refractivity (Wildman–Crippen MR) is 74.0 cm³/mol. The van der Waals surface area contributed by atoms with E-state index in [-0.39, 0.29) is 5.38 Å². The number of halogens is 1. The zero-order valence-electron chi connectivity index (χ0n) is 9.51. The minimum Gasteiger partial charge on any atom is -0.118 e. The van der Waals surface area contributed by atoms with Crippen molar-refractivity contribution in [3.63, 3.8) is 0 Å². The highest BCUT2D eigenvalue weighted by Gasteiger charge is 2.23. The highest BCUT2D eigenvalue weighted by Crippen LogP contribution is 2.23. The van der Waals surface area contributed by atoms with Gasteiger partial charge >= 0.3 is 7.80 Å². The Bertz CT molecular complexity index is 523. The molecule has 0 amide bonds. The normalized spacial score (nSPS) is 13.2. The maximum atomic E-state index is 12.3. The van der Waals surface area contributed by atoms with Crippen LogP contribution < -0.4 is 10.6 Å². The lowest BCUT2D eigenvalue weighted by atomic mass is 10.2. The summed E-state index contributed by atoms with van der Waals surface area (Å²) < 4.78 is 12.3. The van der Waals surface area contributed by atoms with Gasteiger partial charge in [-0.3, -0.25) is 0 Å². The van der Waals surface area contributed by atoms with Gasteiger partial charge in [0.15, 0.2) is 10.6 Å². The summed E-state index contributed by atoms with van der Waals surface area (Å²) in [6, 6.07) is 17.1. The van der Waals surface area contributed by atoms with Crippen LogP contribution >= 0.6 is 19.4 Å². The number of benzene rings is 2. The summed E-state index contributed by atoms with van der Waals surface area (Å²) in [5.41, 5.74) is 1.00. The van der Waals surface area contributed by atoms with Crippen molar-refractivity contribution in [1.82, 2.24) is 0 Å². The SMILES string of the molecule is CC(Cl)c1cccc([P+](=O)c2ccccc2)c1. The van der Waals surface area contributed by atoms with Gasteiger partial charge in [0, 0.05) is 0 Å². The first-order valence-electron chi connectivity index (χ1n) is 5.45. The molecule has 0 saturated carbocycles. The van der Waals surface area contributed by atoms with Crippen molar-refractivity contribution in [2.45, 2.75) is 12.3 Å². The average Bonchev–Trinajstić information content (AvgIpc) is 2.39. The van der Waals surface area contributed by atoms with E-state index in [9.17, 15) is 4.57 Å². The fraction of sp³-hybridized carbons (Fsp3) is 0.143. The van der Waals surface area contributed by atoms with E-state index >= 15 is 0 Å². The molecular formula is C14H13ClOP+. The van der Waals surface area contributed by atoms with Gasteiger partial charge < -0.3 is 0 Å². The second kappa shape index (κ2) is 5.44. The monoisotopic (exact) mass is 263 g/mol. The van der Waals surface area contributed by atoms with E-state index in [0.717, 1.165) is 16.2 Å². The molecular weight excluding hydrogens is 251 g/mol. The van der Waals surface area contributed by atoms with E-state index < -0.39 is 7.80 Å². The van der Waals surface area contributed by atoms with Crippen LogP contribution in [0.5, 0.6) is 0 Å². The molecule has 2 aromatic rings. The van der Waals surface area contributed by atoms with Gasteiger partial charge in [-0.2, -0.15) is 0 Å². The molecule has 0 aliphatic carbocycles. The summed E-state index contributed by atoms with van der Waals surface area (Å²) in [6.45, 7) is 1.91. The van der Waals surface area contributed by atoms with Crippen molar-refractivity contribution < 1.29 is 4.57 Å². The second-order valence-electron chi connectivity index (χ2n) is 3.84. The molecule has 0 bridgehead atoms. The third-order valence-corrected chi connectivity index (χ3v) is 4.32. The van der Waals surface area contributed by atoms with Crippen molar-refractivity contribution in [1.29, 1.82) is 0 Å². The first kappa shape index (κ1) is 12.3. The van der Waals surface area contributed by atoms with Gasteiger partial charge in [0.05, 0.1) is 5.38 Å². The third-order valence-electron chi connectivity index (χ3n) is 2.55. The molecule has 1 nitrogen and oxygen atoms in total. The van der Waals surface area contributed by atoms with Crippen LogP contribution in [0, 0.1) is 0 Å². The van der Waals surface area contributed by atoms with Crippen molar-refractivity contribution in [2.75, 3.05) is 0 Å². The van der Waals surface area contributed by atoms with Crippen LogP contribution in [0.2, 0.25) is 0 Å². The lowest BCUT2D eigenvalue weighted by Gasteiger charge is -2.01. The van der Waals surface area contributed by atoms with E-state index in [0.29, 0.717) is 0 Å². The lowest BCUT2D eigenvalue weighted by molar-refractivity contribution is 0.598. The molecule has 17 heavy (non-hydrogen) atoms. The topological polar surface area (TPSA) is 17.1 Å². The second-order valence-corrected chi connectivity index (χ2v) is 6.12. The van der Waals surface area contributed by atoms with E-state index in [4.69, 9.17) is 11.6 Å². The van der Waals surface area contributed by atoms with Crippen LogP contribution in [0.3, 0.4) is 0 Å². The van der Waals surface area contributed by atoms with Crippen LogP contribution in [-0.2, 0) is 4.57 Å². The summed E-state index contributed by atoms with van der Waals surface area (Å²) in [6.07, 6.45) is 0. The number of hydrogen-bond acceptors (Lipinski definition) is 1. The molecule has 0 N–H and O–H groups in total. The van der Waals surface area contributed by atoms with E-state index in [1.807, 2.05) is 61.5 Å². The first-order valence-corrected chi connectivity index (χ1v) is 7.14. The Morgan fingerprint density at radius 2 is 1.65 bits per heavy atom. The molecule has 0 saturated heterocycles. The smallest absolute Gasteiger partial charge is 0.118 e. The molecule has 86 valence electrons. The van der Waals surface area contributed by atoms with Gasteiger partial charge in [-0.05, 0) is 36.8 Å². The molecule has 2 aromatic carbocycles. The first-order chi connectivity index (χ1) is 8.18. The molecule has 0 fully saturated rings. The number of alkyl halides is 1. The minimum atomic E-state index is -1.52. The Morgan fingerprint density at radius 1 is 1.00 bits per heavy atom. The molecule has 0 aromatic heterocycles. The summed E-state index contributed by atoms with van der Waals surface area (Å²) in [7, 11) is -1.52. The van der Waals surface area contributed by atoms with Gasteiger partial charge in [-0.1, -0.05) is 34.9 Å². The lowest BCUT2D eigenvalue weighted by Crippen LogP contribution is -2.07. The maximum Gasteiger partial charge on any atom is 0.415 e. The number of hydrogen-bond donors (Lipinski definition) is 0. The average molecular weight is 264 g/mol. The molecule has 2 rings (SSSR count). The summed E-state index contributed by atoms with van der Waals surface area (Å²) in [5.74, 6) is 0. The van der Waals surface area contributed by atoms with Gasteiger partial charge in [-0.15, -0.1) is 11.6 Å². The Hall–Kier alpha value is -1.17. The zero-order chi connectivity index (χ0) is 12.3. The third kappa shape index (κ3) is 2.94. The molecule has 3 heteroatoms. The molecule has 0 aliphatic heterocycles. The van der Waals surface area contributed by atoms with Crippen molar-refractivity contribution in [2.24, 2.45) is 0 Å². The Balaban J connectivity index is 2.35. The van der Waals surface area contributed by atoms with Crippen LogP contribution in [-0.4, -0.2) is 0 Å². The molecule has 2 atom stereocenters. The largest absolute Gasteiger partial charge is 0.415 e. The zero-order valence-corrected chi connectivity index (χ0v) is 11.2. The maximum absolute atomic E-state index is 12.3. The van der Waals surface area contributed by atoms with Gasteiger partial charge in [-0.25, -0.2) is 0 Å². The molecule has 2 unspecified atom stereocenters. The quantitative estimate of drug-likeness (QED) is 0.609. The van der Waals surface area contributed by atoms with Crippen LogP contribution in [0.25, 0.3) is 0 Å². The van der Waals surface area contributed by atoms with Crippen LogP contribution in [0.4, 0.5) is 0 Å². The van der Waals surface area contributed by atoms with E-state index in [1.165, 1.54) is 0 Å². The summed E-state index contributed by atoms with van der Waals surface area (Å²) in [4.78, 5) is 0. The predicted octanol–water partition coefficient (Wildman–Crippen LogP) is 3.76. The standard InChI is InChI=1S/C14H13ClOP/c1-11(15)12-6-5-9-14(10-12)17(16)13-7-3-2-4-8-13/h2-11H,1H3/q+1. The molecule has 0 aliphatic rings. The van der Waals surface area contributed by atoms with Gasteiger partial charge in [0.1, 0.15) is 0 Å². The Kier molecular flexibility index (Phi) is 3.93. The van der Waals surface area contributed by atoms with E-state index in [1.54, 1.807) is 0 Å². The summed E-state index contributed by atoms with van der Waals surface area (Å²) in [5, 5.41) is 1.62. The van der Waals surface area contributed by atoms with Gasteiger partial charge in [0.25, 0.3) is 0 Å². The van der Waals surface area contributed by atoms with Crippen molar-refractivity contribution >= 4 is 30.0 Å².